The molecule has 0 heterocycles. The van der Waals surface area contributed by atoms with E-state index < -0.39 is 0 Å². The highest BCUT2D eigenvalue weighted by atomic mass is 32.2. The van der Waals surface area contributed by atoms with Crippen molar-refractivity contribution < 1.29 is 9.53 Å². The number of carbonyl (C=O) groups is 1. The number of methoxy groups -OCH3 is 1. The lowest BCUT2D eigenvalue weighted by molar-refractivity contribution is 0.102. The van der Waals surface area contributed by atoms with Crippen LogP contribution in [0.3, 0.4) is 0 Å². The van der Waals surface area contributed by atoms with Crippen LogP contribution in [0.25, 0.3) is 0 Å². The molecule has 1 N–H and O–H groups in total. The van der Waals surface area contributed by atoms with Crippen molar-refractivity contribution in [1.29, 1.82) is 5.26 Å². The molecule has 0 aromatic heterocycles. The Labute approximate surface area is 162 Å². The van der Waals surface area contributed by atoms with Gasteiger partial charge in [0.25, 0.3) is 5.91 Å². The van der Waals surface area contributed by atoms with Crippen molar-refractivity contribution in [2.45, 2.75) is 10.6 Å². The van der Waals surface area contributed by atoms with Crippen LogP contribution in [0.5, 0.6) is 5.75 Å². The number of nitriles is 1. The highest BCUT2D eigenvalue weighted by Crippen LogP contribution is 2.27. The lowest BCUT2D eigenvalue weighted by Crippen LogP contribution is -2.12. The van der Waals surface area contributed by atoms with E-state index in [0.29, 0.717) is 16.8 Å². The molecule has 0 spiro atoms. The van der Waals surface area contributed by atoms with Gasteiger partial charge < -0.3 is 10.1 Å². The van der Waals surface area contributed by atoms with Gasteiger partial charge >= 0.3 is 0 Å². The number of nitrogens with one attached hydrogen (secondary N) is 1. The van der Waals surface area contributed by atoms with E-state index in [1.54, 1.807) is 43.1 Å². The van der Waals surface area contributed by atoms with Crippen LogP contribution >= 0.6 is 11.8 Å². The SMILES string of the molecule is COc1ccc(NC(=O)c2ccccc2SCc2ccc(C#N)cc2)cc1. The number of hydrogen-bond acceptors (Lipinski definition) is 4. The topological polar surface area (TPSA) is 62.1 Å². The van der Waals surface area contributed by atoms with Crippen molar-refractivity contribution >= 4 is 23.4 Å². The van der Waals surface area contributed by atoms with Crippen LogP contribution in [-0.4, -0.2) is 13.0 Å². The van der Waals surface area contributed by atoms with Gasteiger partial charge in [-0.3, -0.25) is 4.79 Å². The molecule has 0 saturated heterocycles. The Morgan fingerprint density at radius 3 is 2.41 bits per heavy atom. The van der Waals surface area contributed by atoms with Gasteiger partial charge in [-0.25, -0.2) is 0 Å². The summed E-state index contributed by atoms with van der Waals surface area (Å²) in [5.41, 5.74) is 3.09. The molecule has 0 aliphatic heterocycles. The first-order chi connectivity index (χ1) is 13.2. The molecule has 4 nitrogen and oxygen atoms in total. The van der Waals surface area contributed by atoms with Crippen molar-refractivity contribution in [2.24, 2.45) is 0 Å². The third-order valence-electron chi connectivity index (χ3n) is 3.96. The number of thioether (sulfide) groups is 1. The summed E-state index contributed by atoms with van der Waals surface area (Å²) in [5, 5.41) is 11.8. The summed E-state index contributed by atoms with van der Waals surface area (Å²) < 4.78 is 5.13. The summed E-state index contributed by atoms with van der Waals surface area (Å²) in [4.78, 5) is 13.6. The fourth-order valence-corrected chi connectivity index (χ4v) is 3.50. The molecule has 3 rings (SSSR count). The first-order valence-electron chi connectivity index (χ1n) is 8.36. The number of ether oxygens (including phenoxy) is 1. The zero-order chi connectivity index (χ0) is 19.1. The zero-order valence-electron chi connectivity index (χ0n) is 14.8. The van der Waals surface area contributed by atoms with Crippen molar-refractivity contribution in [1.82, 2.24) is 0 Å². The molecule has 0 aliphatic carbocycles. The minimum atomic E-state index is -0.150. The fourth-order valence-electron chi connectivity index (χ4n) is 2.49. The lowest BCUT2D eigenvalue weighted by Gasteiger charge is -2.10. The van der Waals surface area contributed by atoms with Gasteiger partial charge in [-0.05, 0) is 54.1 Å². The van der Waals surface area contributed by atoms with E-state index in [4.69, 9.17) is 10.00 Å². The molecule has 0 aliphatic rings. The maximum atomic E-state index is 12.7. The Morgan fingerprint density at radius 1 is 1.04 bits per heavy atom. The Hall–Kier alpha value is -3.23. The summed E-state index contributed by atoms with van der Waals surface area (Å²) in [7, 11) is 1.61. The molecule has 134 valence electrons. The highest BCUT2D eigenvalue weighted by molar-refractivity contribution is 7.98. The Kier molecular flexibility index (Phi) is 6.14. The normalized spacial score (nSPS) is 10.1. The molecule has 0 bridgehead atoms. The molecule has 0 atom stereocenters. The van der Waals surface area contributed by atoms with Gasteiger partial charge in [0, 0.05) is 16.3 Å². The minimum Gasteiger partial charge on any atom is -0.497 e. The van der Waals surface area contributed by atoms with Crippen LogP contribution in [-0.2, 0) is 5.75 Å². The molecule has 1 amide bonds. The lowest BCUT2D eigenvalue weighted by atomic mass is 10.2. The van der Waals surface area contributed by atoms with E-state index in [1.807, 2.05) is 48.5 Å². The van der Waals surface area contributed by atoms with Gasteiger partial charge in [-0.1, -0.05) is 24.3 Å². The van der Waals surface area contributed by atoms with E-state index in [-0.39, 0.29) is 5.91 Å². The molecule has 27 heavy (non-hydrogen) atoms. The van der Waals surface area contributed by atoms with Gasteiger partial charge in [0.15, 0.2) is 0 Å². The van der Waals surface area contributed by atoms with E-state index in [0.717, 1.165) is 22.0 Å². The predicted octanol–water partition coefficient (Wildman–Crippen LogP) is 5.11. The first-order valence-corrected chi connectivity index (χ1v) is 9.34. The predicted molar refractivity (Wildman–Crippen MR) is 108 cm³/mol. The smallest absolute Gasteiger partial charge is 0.256 e. The van der Waals surface area contributed by atoms with E-state index in [9.17, 15) is 4.79 Å². The molecular weight excluding hydrogens is 356 g/mol. The molecule has 5 heteroatoms. The average Bonchev–Trinajstić information content (AvgIpc) is 2.73. The van der Waals surface area contributed by atoms with Crippen LogP contribution in [0.1, 0.15) is 21.5 Å². The van der Waals surface area contributed by atoms with E-state index >= 15 is 0 Å². The van der Waals surface area contributed by atoms with Crippen LogP contribution in [0.15, 0.2) is 77.7 Å². The first kappa shape index (κ1) is 18.6. The largest absolute Gasteiger partial charge is 0.497 e. The minimum absolute atomic E-state index is 0.150. The second-order valence-electron chi connectivity index (χ2n) is 5.78. The molecule has 0 radical (unpaired) electrons. The second-order valence-corrected chi connectivity index (χ2v) is 6.79. The number of carbonyl (C=O) groups excluding carboxylic acids is 1. The molecule has 0 unspecified atom stereocenters. The second kappa shape index (κ2) is 8.93. The van der Waals surface area contributed by atoms with Gasteiger partial charge in [0.05, 0.1) is 24.3 Å². The molecule has 0 saturated carbocycles. The maximum Gasteiger partial charge on any atom is 0.256 e. The molecule has 3 aromatic rings. The summed E-state index contributed by atoms with van der Waals surface area (Å²) in [6, 6.07) is 24.4. The molecular formula is C22H18N2O2S. The highest BCUT2D eigenvalue weighted by Gasteiger charge is 2.12. The Morgan fingerprint density at radius 2 is 1.74 bits per heavy atom. The summed E-state index contributed by atoms with van der Waals surface area (Å²) >= 11 is 1.59. The third-order valence-corrected chi connectivity index (χ3v) is 5.10. The average molecular weight is 374 g/mol. The van der Waals surface area contributed by atoms with Gasteiger partial charge in [-0.15, -0.1) is 11.8 Å². The number of anilines is 1. The van der Waals surface area contributed by atoms with Gasteiger partial charge in [0.2, 0.25) is 0 Å². The number of benzene rings is 3. The summed E-state index contributed by atoms with van der Waals surface area (Å²) in [6.07, 6.45) is 0. The monoisotopic (exact) mass is 374 g/mol. The van der Waals surface area contributed by atoms with Crippen molar-refractivity contribution in [2.75, 3.05) is 12.4 Å². The maximum absolute atomic E-state index is 12.7. The van der Waals surface area contributed by atoms with E-state index in [2.05, 4.69) is 11.4 Å². The molecule has 3 aromatic carbocycles. The third kappa shape index (κ3) is 4.90. The summed E-state index contributed by atoms with van der Waals surface area (Å²) in [5.74, 6) is 1.31. The van der Waals surface area contributed by atoms with E-state index in [1.165, 1.54) is 0 Å². The number of rotatable bonds is 6. The van der Waals surface area contributed by atoms with Gasteiger partial charge in [0.1, 0.15) is 5.75 Å². The summed E-state index contributed by atoms with van der Waals surface area (Å²) in [6.45, 7) is 0. The van der Waals surface area contributed by atoms with Crippen LogP contribution in [0.2, 0.25) is 0 Å². The fraction of sp³-hybridized carbons (Fsp3) is 0.0909. The number of hydrogen-bond donors (Lipinski definition) is 1. The van der Waals surface area contributed by atoms with Crippen LogP contribution in [0, 0.1) is 11.3 Å². The van der Waals surface area contributed by atoms with Crippen LogP contribution < -0.4 is 10.1 Å². The van der Waals surface area contributed by atoms with Gasteiger partial charge in [-0.2, -0.15) is 5.26 Å². The standard InChI is InChI=1S/C22H18N2O2S/c1-26-19-12-10-18(11-13-19)24-22(25)20-4-2-3-5-21(20)27-15-17-8-6-16(14-23)7-9-17/h2-13H,15H2,1H3,(H,24,25). The quantitative estimate of drug-likeness (QED) is 0.609. The Balaban J connectivity index is 1.70. The van der Waals surface area contributed by atoms with Crippen molar-refractivity contribution in [3.8, 4) is 11.8 Å². The van der Waals surface area contributed by atoms with Crippen molar-refractivity contribution in [3.63, 3.8) is 0 Å². The number of amides is 1. The Bertz CT molecular complexity index is 961. The zero-order valence-corrected chi connectivity index (χ0v) is 15.6. The number of nitrogens with zero attached hydrogens (tertiary/aromatic N) is 1. The van der Waals surface area contributed by atoms with Crippen LogP contribution in [0.4, 0.5) is 5.69 Å². The molecule has 0 fully saturated rings. The van der Waals surface area contributed by atoms with Crippen molar-refractivity contribution in [3.05, 3.63) is 89.5 Å².